The quantitative estimate of drug-likeness (QED) is 0.789. The van der Waals surface area contributed by atoms with E-state index in [1.807, 2.05) is 0 Å². The zero-order valence-corrected chi connectivity index (χ0v) is 14.9. The summed E-state index contributed by atoms with van der Waals surface area (Å²) in [4.78, 5) is 23.9. The van der Waals surface area contributed by atoms with Gasteiger partial charge in [0.05, 0.1) is 11.8 Å². The fourth-order valence-electron chi connectivity index (χ4n) is 3.41. The van der Waals surface area contributed by atoms with E-state index in [1.54, 1.807) is 0 Å². The molecule has 1 N–H and O–H groups in total. The third-order valence-electron chi connectivity index (χ3n) is 4.83. The van der Waals surface area contributed by atoms with Crippen LogP contribution in [0.15, 0.2) is 41.3 Å². The zero-order valence-electron chi connectivity index (χ0n) is 14.9. The van der Waals surface area contributed by atoms with E-state index in [-0.39, 0.29) is 17.4 Å². The minimum Gasteiger partial charge on any atom is -0.480 e. The van der Waals surface area contributed by atoms with Crippen molar-refractivity contribution in [1.82, 2.24) is 9.78 Å². The van der Waals surface area contributed by atoms with Crippen LogP contribution in [0.1, 0.15) is 43.7 Å². The molecule has 1 atom stereocenters. The lowest BCUT2D eigenvalue weighted by atomic mass is 9.98. The van der Waals surface area contributed by atoms with Crippen LogP contribution in [0.5, 0.6) is 11.5 Å². The van der Waals surface area contributed by atoms with Crippen molar-refractivity contribution >= 4 is 5.97 Å². The molecule has 1 aromatic heterocycles. The number of nitrogens with zero attached hydrogens (tertiary/aromatic N) is 2. The highest BCUT2D eigenvalue weighted by atomic mass is 19.4. The van der Waals surface area contributed by atoms with Gasteiger partial charge in [0, 0.05) is 6.07 Å². The Morgan fingerprint density at radius 2 is 1.86 bits per heavy atom. The number of hydrogen-bond acceptors (Lipinski definition) is 4. The minimum atomic E-state index is -4.45. The SMILES string of the molecule is O=C(O)C(CC1CCCC1)n1ncc(Oc2ccc(C(F)(F)F)cc2)cc1=O. The molecule has 1 aromatic carbocycles. The molecule has 1 aliphatic rings. The van der Waals surface area contributed by atoms with Crippen LogP contribution in [0, 0.1) is 5.92 Å². The molecular weight excluding hydrogens is 377 g/mol. The third kappa shape index (κ3) is 4.71. The molecule has 1 saturated carbocycles. The van der Waals surface area contributed by atoms with Crippen molar-refractivity contribution in [2.24, 2.45) is 5.92 Å². The molecule has 28 heavy (non-hydrogen) atoms. The summed E-state index contributed by atoms with van der Waals surface area (Å²) in [6.45, 7) is 0. The number of hydrogen-bond donors (Lipinski definition) is 1. The first kappa shape index (κ1) is 19.9. The smallest absolute Gasteiger partial charge is 0.416 e. The number of carboxylic acids is 1. The lowest BCUT2D eigenvalue weighted by Crippen LogP contribution is -2.32. The number of aromatic nitrogens is 2. The first-order valence-corrected chi connectivity index (χ1v) is 8.91. The van der Waals surface area contributed by atoms with Crippen LogP contribution in [0.25, 0.3) is 0 Å². The molecule has 0 amide bonds. The van der Waals surface area contributed by atoms with Crippen molar-refractivity contribution in [2.45, 2.75) is 44.3 Å². The lowest BCUT2D eigenvalue weighted by Gasteiger charge is -2.18. The summed E-state index contributed by atoms with van der Waals surface area (Å²) in [5, 5.41) is 13.4. The second-order valence-corrected chi connectivity index (χ2v) is 6.84. The van der Waals surface area contributed by atoms with Gasteiger partial charge >= 0.3 is 12.1 Å². The maximum atomic E-state index is 12.6. The number of halogens is 3. The number of ether oxygens (including phenoxy) is 1. The molecule has 1 unspecified atom stereocenters. The third-order valence-corrected chi connectivity index (χ3v) is 4.83. The Kier molecular flexibility index (Phi) is 5.71. The Hall–Kier alpha value is -2.84. The van der Waals surface area contributed by atoms with Crippen molar-refractivity contribution in [2.75, 3.05) is 0 Å². The Morgan fingerprint density at radius 1 is 1.21 bits per heavy atom. The summed E-state index contributed by atoms with van der Waals surface area (Å²) in [5.41, 5.74) is -1.46. The molecule has 0 radical (unpaired) electrons. The highest BCUT2D eigenvalue weighted by Crippen LogP contribution is 2.32. The first-order valence-electron chi connectivity index (χ1n) is 8.91. The van der Waals surface area contributed by atoms with Crippen LogP contribution in [0.4, 0.5) is 13.2 Å². The van der Waals surface area contributed by atoms with Crippen molar-refractivity contribution in [3.8, 4) is 11.5 Å². The predicted molar refractivity (Wildman–Crippen MR) is 93.3 cm³/mol. The molecule has 2 aromatic rings. The van der Waals surface area contributed by atoms with Gasteiger partial charge in [0.25, 0.3) is 5.56 Å². The molecule has 1 heterocycles. The molecule has 1 fully saturated rings. The Labute approximate surface area is 158 Å². The van der Waals surface area contributed by atoms with Gasteiger partial charge in [0.2, 0.25) is 0 Å². The standard InChI is InChI=1S/C19H19F3N2O4/c20-19(21,22)13-5-7-14(8-6-13)28-15-10-17(25)24(23-11-15)16(18(26)27)9-12-3-1-2-4-12/h5-8,10-12,16H,1-4,9H2,(H,26,27). The van der Waals surface area contributed by atoms with Crippen LogP contribution < -0.4 is 10.3 Å². The summed E-state index contributed by atoms with van der Waals surface area (Å²) < 4.78 is 44.0. The normalized spacial score (nSPS) is 16.1. The summed E-state index contributed by atoms with van der Waals surface area (Å²) in [6, 6.07) is 4.02. The maximum absolute atomic E-state index is 12.6. The van der Waals surface area contributed by atoms with Crippen LogP contribution in [0.3, 0.4) is 0 Å². The number of carbonyl (C=O) groups is 1. The van der Waals surface area contributed by atoms with Gasteiger partial charge in [-0.05, 0) is 36.6 Å². The fraction of sp³-hybridized carbons (Fsp3) is 0.421. The molecule has 0 spiro atoms. The highest BCUT2D eigenvalue weighted by molar-refractivity contribution is 5.71. The number of benzene rings is 1. The average molecular weight is 396 g/mol. The van der Waals surface area contributed by atoms with Gasteiger partial charge in [0.15, 0.2) is 11.8 Å². The summed E-state index contributed by atoms with van der Waals surface area (Å²) in [5.74, 6) is -0.755. The second-order valence-electron chi connectivity index (χ2n) is 6.84. The number of rotatable bonds is 6. The lowest BCUT2D eigenvalue weighted by molar-refractivity contribution is -0.142. The van der Waals surface area contributed by atoms with E-state index in [0.29, 0.717) is 6.42 Å². The largest absolute Gasteiger partial charge is 0.480 e. The monoisotopic (exact) mass is 396 g/mol. The maximum Gasteiger partial charge on any atom is 0.416 e. The van der Waals surface area contributed by atoms with Gasteiger partial charge in [0.1, 0.15) is 5.75 Å². The van der Waals surface area contributed by atoms with Gasteiger partial charge in [-0.15, -0.1) is 0 Å². The Bertz CT molecular complexity index is 887. The molecule has 0 bridgehead atoms. The summed E-state index contributed by atoms with van der Waals surface area (Å²) in [6.07, 6.45) is 1.05. The van der Waals surface area contributed by atoms with Gasteiger partial charge in [-0.1, -0.05) is 25.7 Å². The highest BCUT2D eigenvalue weighted by Gasteiger charge is 2.30. The fourth-order valence-corrected chi connectivity index (χ4v) is 3.41. The number of alkyl halides is 3. The van der Waals surface area contributed by atoms with E-state index >= 15 is 0 Å². The first-order chi connectivity index (χ1) is 13.2. The van der Waals surface area contributed by atoms with E-state index in [2.05, 4.69) is 5.10 Å². The zero-order chi connectivity index (χ0) is 20.3. The van der Waals surface area contributed by atoms with Crippen molar-refractivity contribution in [3.63, 3.8) is 0 Å². The van der Waals surface area contributed by atoms with E-state index < -0.39 is 29.3 Å². The Morgan fingerprint density at radius 3 is 2.39 bits per heavy atom. The van der Waals surface area contributed by atoms with E-state index in [1.165, 1.54) is 6.20 Å². The minimum absolute atomic E-state index is 0.0195. The second kappa shape index (κ2) is 8.04. The molecule has 0 saturated heterocycles. The van der Waals surface area contributed by atoms with Gasteiger partial charge in [-0.2, -0.15) is 18.3 Å². The van der Waals surface area contributed by atoms with E-state index in [0.717, 1.165) is 60.7 Å². The van der Waals surface area contributed by atoms with Crippen LogP contribution >= 0.6 is 0 Å². The molecule has 6 nitrogen and oxygen atoms in total. The molecule has 0 aliphatic heterocycles. The topological polar surface area (TPSA) is 81.4 Å². The van der Waals surface area contributed by atoms with Crippen molar-refractivity contribution in [1.29, 1.82) is 0 Å². The van der Waals surface area contributed by atoms with Crippen molar-refractivity contribution < 1.29 is 27.8 Å². The number of aliphatic carboxylic acids is 1. The summed E-state index contributed by atoms with van der Waals surface area (Å²) in [7, 11) is 0. The van der Waals surface area contributed by atoms with Gasteiger partial charge in [-0.25, -0.2) is 9.48 Å². The van der Waals surface area contributed by atoms with Gasteiger partial charge in [-0.3, -0.25) is 4.79 Å². The van der Waals surface area contributed by atoms with Crippen LogP contribution in [-0.2, 0) is 11.0 Å². The van der Waals surface area contributed by atoms with E-state index in [4.69, 9.17) is 4.74 Å². The Balaban J connectivity index is 1.75. The number of carboxylic acid groups (broad SMARTS) is 1. The molecule has 150 valence electrons. The molecular formula is C19H19F3N2O4. The average Bonchev–Trinajstić information content (AvgIpc) is 3.13. The van der Waals surface area contributed by atoms with Crippen molar-refractivity contribution in [3.05, 3.63) is 52.4 Å². The molecule has 1 aliphatic carbocycles. The van der Waals surface area contributed by atoms with E-state index in [9.17, 15) is 27.9 Å². The predicted octanol–water partition coefficient (Wildman–Crippen LogP) is 4.26. The summed E-state index contributed by atoms with van der Waals surface area (Å²) >= 11 is 0. The van der Waals surface area contributed by atoms with Gasteiger partial charge < -0.3 is 9.84 Å². The van der Waals surface area contributed by atoms with Crippen LogP contribution in [-0.4, -0.2) is 20.9 Å². The molecule has 9 heteroatoms. The van der Waals surface area contributed by atoms with Crippen LogP contribution in [0.2, 0.25) is 0 Å². The molecule has 3 rings (SSSR count).